The summed E-state index contributed by atoms with van der Waals surface area (Å²) < 4.78 is 4.97. The summed E-state index contributed by atoms with van der Waals surface area (Å²) in [6, 6.07) is 1.60. The first kappa shape index (κ1) is 11.7. The lowest BCUT2D eigenvalue weighted by molar-refractivity contribution is 0.00319. The van der Waals surface area contributed by atoms with Gasteiger partial charge in [0, 0.05) is 6.54 Å². The Morgan fingerprint density at radius 3 is 2.80 bits per heavy atom. The molecule has 0 saturated heterocycles. The molecule has 0 spiro atoms. The Kier molecular flexibility index (Phi) is 3.49. The Balaban J connectivity index is 2.50. The molecule has 84 valence electrons. The zero-order valence-corrected chi connectivity index (χ0v) is 8.78. The molecule has 1 rings (SSSR count). The number of nitrogens with one attached hydrogen (secondary N) is 1. The van der Waals surface area contributed by atoms with Gasteiger partial charge in [0.25, 0.3) is 5.91 Å². The van der Waals surface area contributed by atoms with Crippen molar-refractivity contribution >= 4 is 5.91 Å². The topological polar surface area (TPSA) is 82.7 Å². The van der Waals surface area contributed by atoms with Gasteiger partial charge in [-0.3, -0.25) is 4.79 Å². The van der Waals surface area contributed by atoms with Crippen LogP contribution in [0.4, 0.5) is 0 Å². The van der Waals surface area contributed by atoms with Crippen molar-refractivity contribution in [2.45, 2.75) is 19.4 Å². The maximum atomic E-state index is 11.5. The third-order valence-electron chi connectivity index (χ3n) is 1.96. The summed E-state index contributed by atoms with van der Waals surface area (Å²) in [6.45, 7) is 2.76. The highest BCUT2D eigenvalue weighted by atomic mass is 16.3. The van der Waals surface area contributed by atoms with Crippen LogP contribution in [0.5, 0.6) is 0 Å². The Hall–Kier alpha value is -1.33. The first-order valence-electron chi connectivity index (χ1n) is 4.61. The minimum absolute atomic E-state index is 0.00738. The normalized spacial score (nSPS) is 14.7. The molecule has 1 aromatic rings. The molecule has 1 unspecified atom stereocenters. The lowest BCUT2D eigenvalue weighted by Gasteiger charge is -2.20. The van der Waals surface area contributed by atoms with E-state index in [1.165, 1.54) is 13.2 Å². The molecular weight excluding hydrogens is 198 g/mol. The summed E-state index contributed by atoms with van der Waals surface area (Å²) in [7, 11) is 0. The molecule has 1 heterocycles. The summed E-state index contributed by atoms with van der Waals surface area (Å²) >= 11 is 0. The van der Waals surface area contributed by atoms with Crippen LogP contribution in [0.15, 0.2) is 16.7 Å². The Labute approximate surface area is 87.7 Å². The van der Waals surface area contributed by atoms with Gasteiger partial charge in [-0.2, -0.15) is 0 Å². The molecule has 1 amide bonds. The molecular formula is C10H15NO4. The van der Waals surface area contributed by atoms with Crippen molar-refractivity contribution in [3.63, 3.8) is 0 Å². The van der Waals surface area contributed by atoms with Gasteiger partial charge in [0.2, 0.25) is 0 Å². The molecule has 0 aliphatic heterocycles. The fraction of sp³-hybridized carbons (Fsp3) is 0.500. The van der Waals surface area contributed by atoms with E-state index >= 15 is 0 Å². The monoisotopic (exact) mass is 213 g/mol. The van der Waals surface area contributed by atoms with Gasteiger partial charge in [0.1, 0.15) is 17.6 Å². The first-order valence-corrected chi connectivity index (χ1v) is 4.61. The summed E-state index contributed by atoms with van der Waals surface area (Å²) in [5.74, 6) is 0.314. The number of aliphatic hydroxyl groups excluding tert-OH is 1. The van der Waals surface area contributed by atoms with E-state index in [1.807, 2.05) is 0 Å². The van der Waals surface area contributed by atoms with Crippen LogP contribution in [0.1, 0.15) is 23.0 Å². The van der Waals surface area contributed by atoms with Crippen LogP contribution in [-0.2, 0) is 0 Å². The second-order valence-corrected chi connectivity index (χ2v) is 3.78. The summed E-state index contributed by atoms with van der Waals surface area (Å²) in [5.41, 5.74) is -0.893. The first-order chi connectivity index (χ1) is 6.94. The van der Waals surface area contributed by atoms with E-state index in [4.69, 9.17) is 9.52 Å². The van der Waals surface area contributed by atoms with Crippen molar-refractivity contribution in [3.8, 4) is 0 Å². The molecule has 5 heteroatoms. The van der Waals surface area contributed by atoms with Crippen LogP contribution in [-0.4, -0.2) is 34.9 Å². The number of aliphatic hydroxyl groups is 2. The number of hydrogen-bond donors (Lipinski definition) is 3. The zero-order valence-electron chi connectivity index (χ0n) is 8.78. The second-order valence-electron chi connectivity index (χ2n) is 3.78. The van der Waals surface area contributed by atoms with Crippen molar-refractivity contribution in [3.05, 3.63) is 23.7 Å². The number of amides is 1. The van der Waals surface area contributed by atoms with E-state index in [0.29, 0.717) is 11.3 Å². The standard InChI is InChI=1S/C10H15NO4/c1-7-3-8(4-15-7)9(13)11-5-10(2,14)6-12/h3-4,12,14H,5-6H2,1-2H3,(H,11,13). The predicted molar refractivity (Wildman–Crippen MR) is 53.5 cm³/mol. The maximum absolute atomic E-state index is 11.5. The summed E-state index contributed by atoms with van der Waals surface area (Å²) in [4.78, 5) is 11.5. The number of rotatable bonds is 4. The van der Waals surface area contributed by atoms with Crippen molar-refractivity contribution in [1.29, 1.82) is 0 Å². The zero-order chi connectivity index (χ0) is 11.5. The van der Waals surface area contributed by atoms with Gasteiger partial charge in [-0.1, -0.05) is 0 Å². The second kappa shape index (κ2) is 4.46. The number of hydrogen-bond acceptors (Lipinski definition) is 4. The van der Waals surface area contributed by atoms with Crippen LogP contribution in [0.2, 0.25) is 0 Å². The van der Waals surface area contributed by atoms with Gasteiger partial charge in [0.15, 0.2) is 0 Å². The highest BCUT2D eigenvalue weighted by molar-refractivity contribution is 5.93. The molecule has 0 radical (unpaired) electrons. The van der Waals surface area contributed by atoms with Crippen molar-refractivity contribution in [1.82, 2.24) is 5.32 Å². The quantitative estimate of drug-likeness (QED) is 0.660. The third kappa shape index (κ3) is 3.38. The van der Waals surface area contributed by atoms with Crippen LogP contribution in [0, 0.1) is 6.92 Å². The molecule has 5 nitrogen and oxygen atoms in total. The number of furan rings is 1. The smallest absolute Gasteiger partial charge is 0.254 e. The molecule has 1 aromatic heterocycles. The lowest BCUT2D eigenvalue weighted by atomic mass is 10.1. The summed E-state index contributed by atoms with van der Waals surface area (Å²) in [5, 5.41) is 20.7. The Bertz CT molecular complexity index is 343. The van der Waals surface area contributed by atoms with E-state index in [0.717, 1.165) is 0 Å². The van der Waals surface area contributed by atoms with Crippen molar-refractivity contribution in [2.75, 3.05) is 13.2 Å². The van der Waals surface area contributed by atoms with E-state index in [9.17, 15) is 9.90 Å². The van der Waals surface area contributed by atoms with Crippen LogP contribution >= 0.6 is 0 Å². The van der Waals surface area contributed by atoms with Gasteiger partial charge < -0.3 is 19.9 Å². The van der Waals surface area contributed by atoms with Crippen LogP contribution in [0.25, 0.3) is 0 Å². The molecule has 1 atom stereocenters. The molecule has 15 heavy (non-hydrogen) atoms. The van der Waals surface area contributed by atoms with Crippen LogP contribution in [0.3, 0.4) is 0 Å². The SMILES string of the molecule is Cc1cc(C(=O)NCC(C)(O)CO)co1. The molecule has 3 N–H and O–H groups in total. The van der Waals surface area contributed by atoms with Crippen molar-refractivity contribution < 1.29 is 19.4 Å². The highest BCUT2D eigenvalue weighted by Gasteiger charge is 2.20. The van der Waals surface area contributed by atoms with Gasteiger partial charge in [-0.25, -0.2) is 0 Å². The van der Waals surface area contributed by atoms with Gasteiger partial charge in [-0.15, -0.1) is 0 Å². The van der Waals surface area contributed by atoms with Gasteiger partial charge in [-0.05, 0) is 19.9 Å². The highest BCUT2D eigenvalue weighted by Crippen LogP contribution is 2.06. The van der Waals surface area contributed by atoms with Crippen molar-refractivity contribution in [2.24, 2.45) is 0 Å². The predicted octanol–water partition coefficient (Wildman–Crippen LogP) is 0.0611. The van der Waals surface area contributed by atoms with Crippen LogP contribution < -0.4 is 5.32 Å². The molecule has 0 saturated carbocycles. The van der Waals surface area contributed by atoms with Gasteiger partial charge >= 0.3 is 0 Å². The third-order valence-corrected chi connectivity index (χ3v) is 1.96. The lowest BCUT2D eigenvalue weighted by Crippen LogP contribution is -2.43. The number of aryl methyl sites for hydroxylation is 1. The maximum Gasteiger partial charge on any atom is 0.254 e. The minimum Gasteiger partial charge on any atom is -0.469 e. The molecule has 0 aromatic carbocycles. The molecule has 0 aliphatic rings. The Morgan fingerprint density at radius 1 is 1.67 bits per heavy atom. The van der Waals surface area contributed by atoms with E-state index in [1.54, 1.807) is 13.0 Å². The summed E-state index contributed by atoms with van der Waals surface area (Å²) in [6.07, 6.45) is 1.35. The molecule has 0 bridgehead atoms. The van der Waals surface area contributed by atoms with Gasteiger partial charge in [0.05, 0.1) is 12.2 Å². The Morgan fingerprint density at radius 2 is 2.33 bits per heavy atom. The average Bonchev–Trinajstić information content (AvgIpc) is 2.61. The average molecular weight is 213 g/mol. The van der Waals surface area contributed by atoms with E-state index < -0.39 is 12.2 Å². The minimum atomic E-state index is -1.30. The fourth-order valence-corrected chi connectivity index (χ4v) is 0.991. The number of carbonyl (C=O) groups is 1. The molecule has 0 fully saturated rings. The van der Waals surface area contributed by atoms with E-state index in [2.05, 4.69) is 5.32 Å². The number of carbonyl (C=O) groups excluding carboxylic acids is 1. The largest absolute Gasteiger partial charge is 0.469 e. The fourth-order valence-electron chi connectivity index (χ4n) is 0.991. The molecule has 0 aliphatic carbocycles. The van der Waals surface area contributed by atoms with E-state index in [-0.39, 0.29) is 12.5 Å².